The van der Waals surface area contributed by atoms with Gasteiger partial charge in [-0.2, -0.15) is 0 Å². The summed E-state index contributed by atoms with van der Waals surface area (Å²) >= 11 is 0. The summed E-state index contributed by atoms with van der Waals surface area (Å²) in [6, 6.07) is -0.0485. The Labute approximate surface area is 87.0 Å². The molecule has 3 heteroatoms. The third-order valence-electron chi connectivity index (χ3n) is 2.14. The molecule has 0 aliphatic rings. The van der Waals surface area contributed by atoms with E-state index in [0.29, 0.717) is 18.9 Å². The van der Waals surface area contributed by atoms with Gasteiger partial charge >= 0.3 is 5.97 Å². The molecule has 0 spiro atoms. The van der Waals surface area contributed by atoms with Gasteiger partial charge in [0.1, 0.15) is 0 Å². The largest absolute Gasteiger partial charge is 0.466 e. The first-order valence-electron chi connectivity index (χ1n) is 5.47. The molecule has 0 heterocycles. The Balaban J connectivity index is 3.36. The Kier molecular flexibility index (Phi) is 7.48. The van der Waals surface area contributed by atoms with E-state index in [1.54, 1.807) is 0 Å². The Morgan fingerprint density at radius 3 is 2.57 bits per heavy atom. The Hall–Kier alpha value is -0.570. The van der Waals surface area contributed by atoms with Crippen LogP contribution < -0.4 is 5.73 Å². The maximum Gasteiger partial charge on any atom is 0.307 e. The highest BCUT2D eigenvalue weighted by atomic mass is 16.5. The lowest BCUT2D eigenvalue weighted by Crippen LogP contribution is -2.24. The molecular weight excluding hydrogens is 178 g/mol. The molecule has 1 unspecified atom stereocenters. The fraction of sp³-hybridized carbons (Fsp3) is 0.909. The first-order chi connectivity index (χ1) is 6.56. The molecule has 0 amide bonds. The number of esters is 1. The van der Waals surface area contributed by atoms with Crippen molar-refractivity contribution in [3.8, 4) is 0 Å². The van der Waals surface area contributed by atoms with E-state index < -0.39 is 0 Å². The summed E-state index contributed by atoms with van der Waals surface area (Å²) < 4.78 is 5.05. The second-order valence-electron chi connectivity index (χ2n) is 4.13. The van der Waals surface area contributed by atoms with Crippen molar-refractivity contribution in [3.63, 3.8) is 0 Å². The van der Waals surface area contributed by atoms with Crippen LogP contribution in [-0.2, 0) is 9.53 Å². The van der Waals surface area contributed by atoms with E-state index in [1.807, 2.05) is 6.92 Å². The summed E-state index contributed by atoms with van der Waals surface area (Å²) in [5.41, 5.74) is 5.63. The molecule has 3 nitrogen and oxygen atoms in total. The molecule has 1 atom stereocenters. The normalized spacial score (nSPS) is 12.9. The van der Waals surface area contributed by atoms with E-state index in [1.165, 1.54) is 0 Å². The highest BCUT2D eigenvalue weighted by Gasteiger charge is 2.08. The highest BCUT2D eigenvalue weighted by Crippen LogP contribution is 2.04. The van der Waals surface area contributed by atoms with Crippen molar-refractivity contribution in [1.82, 2.24) is 0 Å². The zero-order valence-electron chi connectivity index (χ0n) is 9.58. The Morgan fingerprint density at radius 1 is 1.43 bits per heavy atom. The van der Waals surface area contributed by atoms with Crippen LogP contribution in [0.1, 0.15) is 46.5 Å². The number of rotatable bonds is 7. The van der Waals surface area contributed by atoms with Crippen LogP contribution in [0.2, 0.25) is 0 Å². The van der Waals surface area contributed by atoms with Gasteiger partial charge in [0.2, 0.25) is 0 Å². The van der Waals surface area contributed by atoms with Crippen molar-refractivity contribution in [3.05, 3.63) is 0 Å². The molecule has 0 aliphatic carbocycles. The summed E-state index contributed by atoms with van der Waals surface area (Å²) in [4.78, 5) is 11.2. The average Bonchev–Trinajstić information content (AvgIpc) is 2.12. The first-order valence-corrected chi connectivity index (χ1v) is 5.47. The van der Waals surface area contributed by atoms with Crippen molar-refractivity contribution in [2.24, 2.45) is 11.7 Å². The van der Waals surface area contributed by atoms with E-state index >= 15 is 0 Å². The predicted molar refractivity (Wildman–Crippen MR) is 57.9 cm³/mol. The maximum absolute atomic E-state index is 11.2. The van der Waals surface area contributed by atoms with E-state index in [9.17, 15) is 4.79 Å². The number of nitrogens with two attached hydrogens (primary N) is 1. The predicted octanol–water partition coefficient (Wildman–Crippen LogP) is 2.09. The van der Waals surface area contributed by atoms with Crippen LogP contribution in [-0.4, -0.2) is 18.6 Å². The SMILES string of the molecule is CCC(N)CC(=O)OCCCC(C)C. The highest BCUT2D eigenvalue weighted by molar-refractivity contribution is 5.70. The number of carbonyl (C=O) groups excluding carboxylic acids is 1. The summed E-state index contributed by atoms with van der Waals surface area (Å²) in [7, 11) is 0. The number of ether oxygens (including phenoxy) is 1. The smallest absolute Gasteiger partial charge is 0.307 e. The first kappa shape index (κ1) is 13.4. The molecule has 0 aromatic rings. The summed E-state index contributed by atoms with van der Waals surface area (Å²) in [6.07, 6.45) is 3.22. The topological polar surface area (TPSA) is 52.3 Å². The van der Waals surface area contributed by atoms with Gasteiger partial charge in [0.15, 0.2) is 0 Å². The number of carbonyl (C=O) groups is 1. The molecule has 2 N–H and O–H groups in total. The Bertz CT molecular complexity index is 157. The fourth-order valence-electron chi connectivity index (χ4n) is 1.09. The lowest BCUT2D eigenvalue weighted by atomic mass is 10.1. The van der Waals surface area contributed by atoms with Gasteiger partial charge in [0.05, 0.1) is 13.0 Å². The molecule has 0 aromatic carbocycles. The fourth-order valence-corrected chi connectivity index (χ4v) is 1.09. The van der Waals surface area contributed by atoms with Crippen LogP contribution in [0.4, 0.5) is 0 Å². The van der Waals surface area contributed by atoms with E-state index in [0.717, 1.165) is 19.3 Å². The monoisotopic (exact) mass is 201 g/mol. The number of hydrogen-bond acceptors (Lipinski definition) is 3. The van der Waals surface area contributed by atoms with Crippen LogP contribution in [0.15, 0.2) is 0 Å². The minimum absolute atomic E-state index is 0.0485. The van der Waals surface area contributed by atoms with Crippen LogP contribution in [0.3, 0.4) is 0 Å². The van der Waals surface area contributed by atoms with Crippen LogP contribution in [0, 0.1) is 5.92 Å². The van der Waals surface area contributed by atoms with Gasteiger partial charge in [0.25, 0.3) is 0 Å². The van der Waals surface area contributed by atoms with Gasteiger partial charge in [-0.1, -0.05) is 20.8 Å². The third kappa shape index (κ3) is 8.05. The maximum atomic E-state index is 11.2. The molecule has 0 bridgehead atoms. The molecule has 0 fully saturated rings. The lowest BCUT2D eigenvalue weighted by Gasteiger charge is -2.09. The van der Waals surface area contributed by atoms with E-state index in [2.05, 4.69) is 13.8 Å². The van der Waals surface area contributed by atoms with Crippen molar-refractivity contribution < 1.29 is 9.53 Å². The van der Waals surface area contributed by atoms with Crippen LogP contribution in [0.5, 0.6) is 0 Å². The zero-order valence-corrected chi connectivity index (χ0v) is 9.58. The molecule has 0 aromatic heterocycles. The quantitative estimate of drug-likeness (QED) is 0.507. The van der Waals surface area contributed by atoms with Gasteiger partial charge in [-0.3, -0.25) is 4.79 Å². The minimum Gasteiger partial charge on any atom is -0.466 e. The van der Waals surface area contributed by atoms with E-state index in [-0.39, 0.29) is 12.0 Å². The van der Waals surface area contributed by atoms with Crippen molar-refractivity contribution in [1.29, 1.82) is 0 Å². The van der Waals surface area contributed by atoms with Crippen molar-refractivity contribution >= 4 is 5.97 Å². The molecule has 0 radical (unpaired) electrons. The van der Waals surface area contributed by atoms with Crippen LogP contribution >= 0.6 is 0 Å². The molecule has 14 heavy (non-hydrogen) atoms. The van der Waals surface area contributed by atoms with Gasteiger partial charge in [-0.25, -0.2) is 0 Å². The van der Waals surface area contributed by atoms with Gasteiger partial charge in [-0.05, 0) is 25.2 Å². The second kappa shape index (κ2) is 7.80. The molecule has 0 saturated heterocycles. The molecule has 0 rings (SSSR count). The van der Waals surface area contributed by atoms with Gasteiger partial charge in [0, 0.05) is 6.04 Å². The summed E-state index contributed by atoms with van der Waals surface area (Å²) in [6.45, 7) is 6.83. The third-order valence-corrected chi connectivity index (χ3v) is 2.14. The van der Waals surface area contributed by atoms with Gasteiger partial charge in [-0.15, -0.1) is 0 Å². The molecular formula is C11H23NO2. The zero-order chi connectivity index (χ0) is 11.0. The van der Waals surface area contributed by atoms with Gasteiger partial charge < -0.3 is 10.5 Å². The van der Waals surface area contributed by atoms with Crippen molar-refractivity contribution in [2.75, 3.05) is 6.61 Å². The molecule has 84 valence electrons. The second-order valence-corrected chi connectivity index (χ2v) is 4.13. The molecule has 0 aliphatic heterocycles. The average molecular weight is 201 g/mol. The lowest BCUT2D eigenvalue weighted by molar-refractivity contribution is -0.144. The van der Waals surface area contributed by atoms with Crippen molar-refractivity contribution in [2.45, 2.75) is 52.5 Å². The van der Waals surface area contributed by atoms with E-state index in [4.69, 9.17) is 10.5 Å². The minimum atomic E-state index is -0.164. The Morgan fingerprint density at radius 2 is 2.07 bits per heavy atom. The standard InChI is InChI=1S/C11H23NO2/c1-4-10(12)8-11(13)14-7-5-6-9(2)3/h9-10H,4-8,12H2,1-3H3. The van der Waals surface area contributed by atoms with Crippen LogP contribution in [0.25, 0.3) is 0 Å². The summed E-state index contributed by atoms with van der Waals surface area (Å²) in [5, 5.41) is 0. The number of hydrogen-bond donors (Lipinski definition) is 1. The summed E-state index contributed by atoms with van der Waals surface area (Å²) in [5.74, 6) is 0.509. The molecule has 0 saturated carbocycles.